The Morgan fingerprint density at radius 1 is 1.25 bits per heavy atom. The third-order valence-corrected chi connectivity index (χ3v) is 6.95. The summed E-state index contributed by atoms with van der Waals surface area (Å²) in [4.78, 5) is 18.9. The minimum atomic E-state index is -0.0466. The van der Waals surface area contributed by atoms with E-state index < -0.39 is 0 Å². The fraction of sp³-hybridized carbons (Fsp3) is 0.737. The summed E-state index contributed by atoms with van der Waals surface area (Å²) in [6.07, 6.45) is 6.29. The van der Waals surface area contributed by atoms with Crippen molar-refractivity contribution in [1.29, 1.82) is 0 Å². The van der Waals surface area contributed by atoms with E-state index in [9.17, 15) is 4.79 Å². The largest absolute Gasteiger partial charge is 0.354 e. The van der Waals surface area contributed by atoms with E-state index in [1.54, 1.807) is 11.3 Å². The Bertz CT molecular complexity index is 517. The van der Waals surface area contributed by atoms with Crippen molar-refractivity contribution < 1.29 is 4.79 Å². The Labute approximate surface area is 150 Å². The monoisotopic (exact) mass is 349 g/mol. The van der Waals surface area contributed by atoms with Gasteiger partial charge in [0, 0.05) is 17.0 Å². The molecule has 0 saturated carbocycles. The van der Waals surface area contributed by atoms with Crippen LogP contribution in [0.25, 0.3) is 0 Å². The fourth-order valence-corrected chi connectivity index (χ4v) is 4.86. The second kappa shape index (κ2) is 7.98. The Morgan fingerprint density at radius 3 is 2.58 bits per heavy atom. The maximum atomic E-state index is 12.6. The Hall–Kier alpha value is -0.910. The van der Waals surface area contributed by atoms with Crippen molar-refractivity contribution in [3.8, 4) is 0 Å². The van der Waals surface area contributed by atoms with Gasteiger partial charge in [-0.2, -0.15) is 0 Å². The van der Waals surface area contributed by atoms with Gasteiger partial charge in [0.1, 0.15) is 0 Å². The quantitative estimate of drug-likeness (QED) is 0.888. The van der Waals surface area contributed by atoms with Gasteiger partial charge in [-0.15, -0.1) is 11.3 Å². The molecule has 134 valence electrons. The molecule has 0 aromatic carbocycles. The van der Waals surface area contributed by atoms with Gasteiger partial charge in [0.2, 0.25) is 5.91 Å². The zero-order chi connectivity index (χ0) is 17.0. The van der Waals surface area contributed by atoms with Crippen LogP contribution in [0.15, 0.2) is 17.5 Å². The van der Waals surface area contributed by atoms with Crippen LogP contribution in [0.1, 0.15) is 49.8 Å². The molecule has 0 spiro atoms. The number of amides is 1. The summed E-state index contributed by atoms with van der Waals surface area (Å²) in [6.45, 7) is 7.47. The van der Waals surface area contributed by atoms with Gasteiger partial charge in [-0.05, 0) is 77.3 Å². The van der Waals surface area contributed by atoms with E-state index in [2.05, 4.69) is 28.2 Å². The Morgan fingerprint density at radius 2 is 1.96 bits per heavy atom. The predicted octanol–water partition coefficient (Wildman–Crippen LogP) is 2.92. The average molecular weight is 350 g/mol. The molecule has 0 unspecified atom stereocenters. The van der Waals surface area contributed by atoms with Crippen LogP contribution in [0.4, 0.5) is 0 Å². The van der Waals surface area contributed by atoms with Crippen LogP contribution >= 0.6 is 11.3 Å². The minimum absolute atomic E-state index is 0.0466. The van der Waals surface area contributed by atoms with Gasteiger partial charge in [0.15, 0.2) is 0 Å². The van der Waals surface area contributed by atoms with Gasteiger partial charge < -0.3 is 10.2 Å². The second-order valence-electron chi connectivity index (χ2n) is 7.53. The van der Waals surface area contributed by atoms with Crippen LogP contribution in [-0.2, 0) is 4.79 Å². The molecule has 24 heavy (non-hydrogen) atoms. The van der Waals surface area contributed by atoms with Crippen molar-refractivity contribution in [3.63, 3.8) is 0 Å². The molecular formula is C19H31N3OS. The molecule has 2 aliphatic heterocycles. The molecule has 2 aliphatic rings. The highest BCUT2D eigenvalue weighted by atomic mass is 32.1. The van der Waals surface area contributed by atoms with Crippen LogP contribution in [0, 0.1) is 0 Å². The normalized spacial score (nSPS) is 23.8. The lowest BCUT2D eigenvalue weighted by molar-refractivity contribution is -0.123. The van der Waals surface area contributed by atoms with Crippen molar-refractivity contribution >= 4 is 17.2 Å². The topological polar surface area (TPSA) is 35.6 Å². The van der Waals surface area contributed by atoms with Crippen molar-refractivity contribution in [3.05, 3.63) is 22.4 Å². The molecule has 1 aromatic heterocycles. The van der Waals surface area contributed by atoms with Gasteiger partial charge in [-0.3, -0.25) is 9.69 Å². The van der Waals surface area contributed by atoms with E-state index in [1.165, 1.54) is 32.4 Å². The number of likely N-dealkylation sites (tertiary alicyclic amines) is 2. The number of carbonyl (C=O) groups is 1. The van der Waals surface area contributed by atoms with Crippen molar-refractivity contribution in [1.82, 2.24) is 15.1 Å². The summed E-state index contributed by atoms with van der Waals surface area (Å²) in [5.41, 5.74) is 0.164. The molecule has 1 amide bonds. The van der Waals surface area contributed by atoms with E-state index in [4.69, 9.17) is 0 Å². The summed E-state index contributed by atoms with van der Waals surface area (Å²) in [5.74, 6) is 0.127. The smallest absolute Gasteiger partial charge is 0.228 e. The third-order valence-electron chi connectivity index (χ3n) is 5.90. The first-order chi connectivity index (χ1) is 11.6. The van der Waals surface area contributed by atoms with Gasteiger partial charge >= 0.3 is 0 Å². The SMILES string of the molecule is C[C@@H](C(=O)NCC1(N2CCCCC2)CCN(C)CC1)c1cccs1. The van der Waals surface area contributed by atoms with Crippen LogP contribution in [0.3, 0.4) is 0 Å². The number of thiophene rings is 1. The Balaban J connectivity index is 1.64. The molecule has 3 rings (SSSR count). The maximum absolute atomic E-state index is 12.6. The van der Waals surface area contributed by atoms with E-state index in [-0.39, 0.29) is 17.4 Å². The van der Waals surface area contributed by atoms with E-state index in [0.717, 1.165) is 37.4 Å². The molecule has 4 nitrogen and oxygen atoms in total. The highest BCUT2D eigenvalue weighted by molar-refractivity contribution is 7.10. The standard InChI is InChI=1S/C19H31N3OS/c1-16(17-7-6-14-24-17)18(23)20-15-19(8-12-21(2)13-9-19)22-10-4-3-5-11-22/h6-7,14,16H,3-5,8-13,15H2,1-2H3,(H,20,23)/t16-/m1/s1. The maximum Gasteiger partial charge on any atom is 0.228 e. The van der Waals surface area contributed by atoms with E-state index in [1.807, 2.05) is 18.4 Å². The molecule has 5 heteroatoms. The minimum Gasteiger partial charge on any atom is -0.354 e. The first-order valence-corrected chi connectivity index (χ1v) is 10.2. The van der Waals surface area contributed by atoms with Gasteiger partial charge in [-0.25, -0.2) is 0 Å². The highest BCUT2D eigenvalue weighted by Crippen LogP contribution is 2.31. The zero-order valence-corrected chi connectivity index (χ0v) is 15.9. The van der Waals surface area contributed by atoms with Crippen LogP contribution in [0.5, 0.6) is 0 Å². The number of carbonyl (C=O) groups excluding carboxylic acids is 1. The number of hydrogen-bond donors (Lipinski definition) is 1. The number of nitrogens with zero attached hydrogens (tertiary/aromatic N) is 2. The molecular weight excluding hydrogens is 318 g/mol. The lowest BCUT2D eigenvalue weighted by Crippen LogP contribution is -2.61. The van der Waals surface area contributed by atoms with E-state index in [0.29, 0.717) is 0 Å². The van der Waals surface area contributed by atoms with Gasteiger partial charge in [0.25, 0.3) is 0 Å². The average Bonchev–Trinajstić information content (AvgIpc) is 3.16. The highest BCUT2D eigenvalue weighted by Gasteiger charge is 2.40. The Kier molecular flexibility index (Phi) is 5.95. The van der Waals surface area contributed by atoms with Crippen molar-refractivity contribution in [2.75, 3.05) is 39.8 Å². The van der Waals surface area contributed by atoms with E-state index >= 15 is 0 Å². The molecule has 1 N–H and O–H groups in total. The summed E-state index contributed by atoms with van der Waals surface area (Å²) in [6, 6.07) is 4.08. The predicted molar refractivity (Wildman–Crippen MR) is 101 cm³/mol. The van der Waals surface area contributed by atoms with Gasteiger partial charge in [-0.1, -0.05) is 12.5 Å². The number of rotatable bonds is 5. The molecule has 0 bridgehead atoms. The molecule has 0 aliphatic carbocycles. The molecule has 3 heterocycles. The molecule has 1 aromatic rings. The van der Waals surface area contributed by atoms with Crippen LogP contribution in [0.2, 0.25) is 0 Å². The van der Waals surface area contributed by atoms with Crippen LogP contribution < -0.4 is 5.32 Å². The first-order valence-electron chi connectivity index (χ1n) is 9.35. The summed E-state index contributed by atoms with van der Waals surface area (Å²) in [5, 5.41) is 5.35. The summed E-state index contributed by atoms with van der Waals surface area (Å²) >= 11 is 1.67. The number of hydrogen-bond acceptors (Lipinski definition) is 4. The molecule has 1 atom stereocenters. The fourth-order valence-electron chi connectivity index (χ4n) is 4.08. The lowest BCUT2D eigenvalue weighted by atomic mass is 9.84. The molecule has 2 saturated heterocycles. The number of nitrogens with one attached hydrogen (secondary N) is 1. The van der Waals surface area contributed by atoms with Gasteiger partial charge in [0.05, 0.1) is 5.92 Å². The van der Waals surface area contributed by atoms with Crippen molar-refractivity contribution in [2.24, 2.45) is 0 Å². The second-order valence-corrected chi connectivity index (χ2v) is 8.51. The van der Waals surface area contributed by atoms with Crippen LogP contribution in [-0.4, -0.2) is 61.0 Å². The third kappa shape index (κ3) is 4.01. The first kappa shape index (κ1) is 17.9. The molecule has 0 radical (unpaired) electrons. The summed E-state index contributed by atoms with van der Waals surface area (Å²) < 4.78 is 0. The molecule has 2 fully saturated rings. The number of piperidine rings is 2. The van der Waals surface area contributed by atoms with Crippen molar-refractivity contribution in [2.45, 2.75) is 50.5 Å². The summed E-state index contributed by atoms with van der Waals surface area (Å²) in [7, 11) is 2.21. The lowest BCUT2D eigenvalue weighted by Gasteiger charge is -2.50. The zero-order valence-electron chi connectivity index (χ0n) is 15.1.